The highest BCUT2D eigenvalue weighted by Crippen LogP contribution is 2.24. The highest BCUT2D eigenvalue weighted by atomic mass is 16.5. The van der Waals surface area contributed by atoms with Crippen molar-refractivity contribution in [2.45, 2.75) is 38.8 Å². The maximum Gasteiger partial charge on any atom is 0.323 e. The molecule has 0 amide bonds. The predicted molar refractivity (Wildman–Crippen MR) is 84.2 cm³/mol. The second-order valence-corrected chi connectivity index (χ2v) is 5.98. The zero-order valence-corrected chi connectivity index (χ0v) is 13.3. The van der Waals surface area contributed by atoms with Crippen LogP contribution in [0.1, 0.15) is 26.7 Å². The van der Waals surface area contributed by atoms with E-state index in [4.69, 9.17) is 9.84 Å². The number of ether oxygens (including phenoxy) is 1. The highest BCUT2D eigenvalue weighted by Gasteiger charge is 2.28. The lowest BCUT2D eigenvalue weighted by molar-refractivity contribution is -0.135. The van der Waals surface area contributed by atoms with E-state index in [1.165, 1.54) is 6.33 Å². The molecule has 2 N–H and O–H groups in total. The average molecular weight is 308 g/mol. The summed E-state index contributed by atoms with van der Waals surface area (Å²) in [4.78, 5) is 20.7. The molecule has 7 nitrogen and oxygen atoms in total. The molecule has 0 aliphatic carbocycles. The predicted octanol–water partition coefficient (Wildman–Crippen LogP) is 1.61. The molecule has 1 fully saturated rings. The van der Waals surface area contributed by atoms with Crippen molar-refractivity contribution in [1.82, 2.24) is 9.97 Å². The van der Waals surface area contributed by atoms with E-state index in [9.17, 15) is 4.79 Å². The number of nitrogens with zero attached hydrogens (tertiary/aromatic N) is 3. The molecule has 2 heterocycles. The van der Waals surface area contributed by atoms with Gasteiger partial charge in [0, 0.05) is 19.7 Å². The zero-order chi connectivity index (χ0) is 16.1. The number of hydrogen-bond acceptors (Lipinski definition) is 6. The number of aliphatic carboxylic acids is 1. The molecule has 1 aromatic rings. The minimum Gasteiger partial charge on any atom is -0.480 e. The molecular weight excluding hydrogens is 284 g/mol. The Morgan fingerprint density at radius 1 is 1.55 bits per heavy atom. The lowest BCUT2D eigenvalue weighted by atomic mass is 9.94. The Hall–Kier alpha value is -1.89. The summed E-state index contributed by atoms with van der Waals surface area (Å²) in [6.45, 7) is 5.00. The van der Waals surface area contributed by atoms with Gasteiger partial charge in [-0.25, -0.2) is 9.97 Å². The number of nitrogens with one attached hydrogen (secondary N) is 1. The van der Waals surface area contributed by atoms with E-state index in [-0.39, 0.29) is 18.7 Å². The van der Waals surface area contributed by atoms with Gasteiger partial charge in [0.2, 0.25) is 0 Å². The largest absolute Gasteiger partial charge is 0.480 e. The quantitative estimate of drug-likeness (QED) is 0.825. The Morgan fingerprint density at radius 3 is 3.00 bits per heavy atom. The summed E-state index contributed by atoms with van der Waals surface area (Å²) < 4.78 is 5.86. The van der Waals surface area contributed by atoms with Crippen molar-refractivity contribution in [2.24, 2.45) is 5.92 Å². The Labute approximate surface area is 130 Å². The summed E-state index contributed by atoms with van der Waals surface area (Å²) in [6.07, 6.45) is 3.67. The van der Waals surface area contributed by atoms with Crippen LogP contribution in [0.4, 0.5) is 11.6 Å². The van der Waals surface area contributed by atoms with Crippen molar-refractivity contribution < 1.29 is 14.6 Å². The summed E-state index contributed by atoms with van der Waals surface area (Å²) in [5.41, 5.74) is 0. The first kappa shape index (κ1) is 16.5. The molecule has 0 aromatic carbocycles. The normalized spacial score (nSPS) is 21.6. The summed E-state index contributed by atoms with van der Waals surface area (Å²) in [5, 5.41) is 12.3. The first-order valence-corrected chi connectivity index (χ1v) is 7.60. The van der Waals surface area contributed by atoms with Crippen LogP contribution in [-0.4, -0.2) is 53.4 Å². The number of likely N-dealkylation sites (N-methyl/N-ethyl adjacent to an activating group) is 1. The molecule has 1 aliphatic rings. The topological polar surface area (TPSA) is 87.6 Å². The van der Waals surface area contributed by atoms with Crippen LogP contribution in [0.25, 0.3) is 0 Å². The van der Waals surface area contributed by atoms with E-state index in [0.717, 1.165) is 19.4 Å². The maximum atomic E-state index is 10.8. The van der Waals surface area contributed by atoms with E-state index in [2.05, 4.69) is 29.1 Å². The van der Waals surface area contributed by atoms with Gasteiger partial charge in [-0.2, -0.15) is 0 Å². The van der Waals surface area contributed by atoms with Gasteiger partial charge in [-0.3, -0.25) is 4.79 Å². The third-order valence-electron chi connectivity index (χ3n) is 3.77. The van der Waals surface area contributed by atoms with E-state index in [1.54, 1.807) is 18.0 Å². The van der Waals surface area contributed by atoms with Crippen LogP contribution in [-0.2, 0) is 9.53 Å². The van der Waals surface area contributed by atoms with Crippen LogP contribution in [0, 0.1) is 5.92 Å². The van der Waals surface area contributed by atoms with Gasteiger partial charge in [-0.05, 0) is 18.8 Å². The van der Waals surface area contributed by atoms with E-state index < -0.39 is 5.97 Å². The van der Waals surface area contributed by atoms with Crippen molar-refractivity contribution in [3.05, 3.63) is 12.4 Å². The van der Waals surface area contributed by atoms with Gasteiger partial charge < -0.3 is 20.1 Å². The van der Waals surface area contributed by atoms with Crippen LogP contribution >= 0.6 is 0 Å². The zero-order valence-electron chi connectivity index (χ0n) is 13.3. The Bertz CT molecular complexity index is 509. The number of anilines is 2. The molecule has 1 aromatic heterocycles. The van der Waals surface area contributed by atoms with Gasteiger partial charge in [-0.1, -0.05) is 13.8 Å². The number of carboxylic acid groups (broad SMARTS) is 1. The van der Waals surface area contributed by atoms with E-state index in [0.29, 0.717) is 17.6 Å². The lowest BCUT2D eigenvalue weighted by Gasteiger charge is -2.35. The van der Waals surface area contributed by atoms with Crippen molar-refractivity contribution in [3.8, 4) is 0 Å². The molecule has 0 bridgehead atoms. The summed E-state index contributed by atoms with van der Waals surface area (Å²) >= 11 is 0. The number of carboxylic acids is 1. The Balaban J connectivity index is 2.07. The molecule has 1 aliphatic heterocycles. The minimum absolute atomic E-state index is 0.0996. The van der Waals surface area contributed by atoms with Gasteiger partial charge in [0.1, 0.15) is 24.5 Å². The van der Waals surface area contributed by atoms with Crippen molar-refractivity contribution in [3.63, 3.8) is 0 Å². The molecule has 2 rings (SSSR count). The Morgan fingerprint density at radius 2 is 2.32 bits per heavy atom. The van der Waals surface area contributed by atoms with Gasteiger partial charge in [0.05, 0.1) is 12.1 Å². The van der Waals surface area contributed by atoms with Crippen LogP contribution < -0.4 is 10.2 Å². The summed E-state index contributed by atoms with van der Waals surface area (Å²) in [7, 11) is 1.70. The Kier molecular flexibility index (Phi) is 5.54. The van der Waals surface area contributed by atoms with Crippen molar-refractivity contribution in [2.75, 3.05) is 30.4 Å². The van der Waals surface area contributed by atoms with Gasteiger partial charge in [0.25, 0.3) is 0 Å². The third kappa shape index (κ3) is 4.30. The van der Waals surface area contributed by atoms with Gasteiger partial charge in [-0.15, -0.1) is 0 Å². The monoisotopic (exact) mass is 308 g/mol. The number of aromatic nitrogens is 2. The fourth-order valence-electron chi connectivity index (χ4n) is 2.72. The summed E-state index contributed by atoms with van der Waals surface area (Å²) in [5.74, 6) is 0.811. The molecule has 0 spiro atoms. The molecule has 122 valence electrons. The van der Waals surface area contributed by atoms with E-state index >= 15 is 0 Å². The highest BCUT2D eigenvalue weighted by molar-refractivity contribution is 5.73. The molecule has 0 radical (unpaired) electrons. The first-order valence-electron chi connectivity index (χ1n) is 7.60. The SMILES string of the molecule is CC(C)C1OCCCC1Nc1cc(N(C)CC(=O)O)ncn1. The summed E-state index contributed by atoms with van der Waals surface area (Å²) in [6, 6.07) is 1.98. The van der Waals surface area contributed by atoms with Crippen molar-refractivity contribution in [1.29, 1.82) is 0 Å². The minimum atomic E-state index is -0.892. The maximum absolute atomic E-state index is 10.8. The number of carbonyl (C=O) groups is 1. The lowest BCUT2D eigenvalue weighted by Crippen LogP contribution is -2.43. The van der Waals surface area contributed by atoms with Gasteiger partial charge >= 0.3 is 5.97 Å². The van der Waals surface area contributed by atoms with E-state index in [1.807, 2.05) is 0 Å². The molecular formula is C15H24N4O3. The van der Waals surface area contributed by atoms with Crippen LogP contribution in [0.3, 0.4) is 0 Å². The molecule has 0 saturated carbocycles. The smallest absolute Gasteiger partial charge is 0.323 e. The molecule has 7 heteroatoms. The fraction of sp³-hybridized carbons (Fsp3) is 0.667. The van der Waals surface area contributed by atoms with Crippen LogP contribution in [0.15, 0.2) is 12.4 Å². The second kappa shape index (κ2) is 7.40. The second-order valence-electron chi connectivity index (χ2n) is 5.98. The standard InChI is InChI=1S/C15H24N4O3/c1-10(2)15-11(5-4-6-22-15)18-12-7-13(17-9-16-12)19(3)8-14(20)21/h7,9-11,15H,4-6,8H2,1-3H3,(H,20,21)(H,16,17,18). The first-order chi connectivity index (χ1) is 10.5. The average Bonchev–Trinajstić information content (AvgIpc) is 2.47. The molecule has 2 atom stereocenters. The fourth-order valence-corrected chi connectivity index (χ4v) is 2.72. The van der Waals surface area contributed by atoms with Gasteiger partial charge in [0.15, 0.2) is 0 Å². The molecule has 22 heavy (non-hydrogen) atoms. The number of rotatable bonds is 6. The van der Waals surface area contributed by atoms with Crippen molar-refractivity contribution >= 4 is 17.6 Å². The van der Waals surface area contributed by atoms with Crippen LogP contribution in [0.5, 0.6) is 0 Å². The third-order valence-corrected chi connectivity index (χ3v) is 3.77. The number of hydrogen-bond donors (Lipinski definition) is 2. The molecule has 1 saturated heterocycles. The molecule has 2 unspecified atom stereocenters. The van der Waals surface area contributed by atoms with Crippen LogP contribution in [0.2, 0.25) is 0 Å².